The normalized spacial score (nSPS) is 10.7. The molecule has 0 radical (unpaired) electrons. The zero-order valence-corrected chi connectivity index (χ0v) is 20.5. The fraction of sp³-hybridized carbons (Fsp3) is 0.242. The van der Waals surface area contributed by atoms with Crippen LogP contribution >= 0.6 is 0 Å². The molecule has 2 heteroatoms. The zero-order chi connectivity index (χ0) is 24.1. The van der Waals surface area contributed by atoms with Gasteiger partial charge in [0.25, 0.3) is 5.91 Å². The Morgan fingerprint density at radius 3 is 1.86 bits per heavy atom. The summed E-state index contributed by atoms with van der Waals surface area (Å²) in [5, 5.41) is 3.11. The van der Waals surface area contributed by atoms with Gasteiger partial charge in [-0.3, -0.25) is 4.79 Å². The quantitative estimate of drug-likeness (QED) is 0.211. The van der Waals surface area contributed by atoms with E-state index in [1.54, 1.807) is 0 Å². The van der Waals surface area contributed by atoms with Crippen molar-refractivity contribution >= 4 is 5.91 Å². The number of rotatable bonds is 12. The van der Waals surface area contributed by atoms with Crippen LogP contribution in [0.15, 0.2) is 109 Å². The number of amides is 1. The minimum Gasteiger partial charge on any atom is -0.352 e. The molecule has 1 amide bonds. The lowest BCUT2D eigenvalue weighted by atomic mass is 9.94. The molecule has 0 unspecified atom stereocenters. The number of hydrogen-bond acceptors (Lipinski definition) is 1. The van der Waals surface area contributed by atoms with Gasteiger partial charge in [-0.2, -0.15) is 0 Å². The highest BCUT2D eigenvalue weighted by atomic mass is 16.1. The average Bonchev–Trinajstić information content (AvgIpc) is 2.93. The summed E-state index contributed by atoms with van der Waals surface area (Å²) in [4.78, 5) is 12.8. The van der Waals surface area contributed by atoms with Gasteiger partial charge in [0, 0.05) is 12.1 Å². The molecule has 35 heavy (non-hydrogen) atoms. The van der Waals surface area contributed by atoms with E-state index < -0.39 is 0 Å². The van der Waals surface area contributed by atoms with Crippen molar-refractivity contribution in [3.05, 3.63) is 120 Å². The van der Waals surface area contributed by atoms with Gasteiger partial charge in [0.15, 0.2) is 0 Å². The van der Waals surface area contributed by atoms with Crippen molar-refractivity contribution < 1.29 is 4.79 Å². The second-order valence-electron chi connectivity index (χ2n) is 9.11. The van der Waals surface area contributed by atoms with Crippen molar-refractivity contribution in [2.24, 2.45) is 0 Å². The van der Waals surface area contributed by atoms with E-state index in [0.29, 0.717) is 5.56 Å². The highest BCUT2D eigenvalue weighted by Gasteiger charge is 2.10. The zero-order valence-electron chi connectivity index (χ0n) is 20.5. The van der Waals surface area contributed by atoms with Crippen LogP contribution in [0.5, 0.6) is 0 Å². The van der Waals surface area contributed by atoms with E-state index in [9.17, 15) is 4.79 Å². The summed E-state index contributed by atoms with van der Waals surface area (Å²) in [6.45, 7) is 0.730. The molecule has 178 valence electrons. The Balaban J connectivity index is 1.21. The van der Waals surface area contributed by atoms with Crippen molar-refractivity contribution in [2.45, 2.75) is 44.9 Å². The molecule has 0 atom stereocenters. The summed E-state index contributed by atoms with van der Waals surface area (Å²) >= 11 is 0. The Hall–Kier alpha value is -3.65. The van der Waals surface area contributed by atoms with Crippen molar-refractivity contribution in [3.63, 3.8) is 0 Å². The first kappa shape index (κ1) is 24.5. The third-order valence-corrected chi connectivity index (χ3v) is 6.47. The molecule has 4 aromatic carbocycles. The summed E-state index contributed by atoms with van der Waals surface area (Å²) < 4.78 is 0. The lowest BCUT2D eigenvalue weighted by Gasteiger charge is -2.12. The minimum absolute atomic E-state index is 0.00639. The first-order chi connectivity index (χ1) is 17.3. The molecule has 0 spiro atoms. The standard InChI is InChI=1S/C33H35NO/c35-33(34-25-14-4-2-1-3-7-16-27-17-8-5-9-18-27)30-22-15-21-29(26-30)32-24-13-12-23-31(32)28-19-10-6-11-20-28/h5-6,8-13,15,17-24,26H,1-4,7,14,16,25H2,(H,34,35). The molecule has 0 saturated heterocycles. The molecule has 0 aromatic heterocycles. The van der Waals surface area contributed by atoms with Gasteiger partial charge in [0.05, 0.1) is 0 Å². The van der Waals surface area contributed by atoms with Crippen molar-refractivity contribution in [1.29, 1.82) is 0 Å². The predicted octanol–water partition coefficient (Wildman–Crippen LogP) is 8.33. The Morgan fingerprint density at radius 2 is 1.11 bits per heavy atom. The van der Waals surface area contributed by atoms with E-state index in [2.05, 4.69) is 90.2 Å². The van der Waals surface area contributed by atoms with Crippen molar-refractivity contribution in [1.82, 2.24) is 5.32 Å². The van der Waals surface area contributed by atoms with Crippen LogP contribution in [-0.4, -0.2) is 12.5 Å². The van der Waals surface area contributed by atoms with Gasteiger partial charge >= 0.3 is 0 Å². The fourth-order valence-electron chi connectivity index (χ4n) is 4.54. The molecule has 0 heterocycles. The Bertz CT molecular complexity index is 1180. The smallest absolute Gasteiger partial charge is 0.251 e. The molecular formula is C33H35NO. The summed E-state index contributed by atoms with van der Waals surface area (Å²) in [5.41, 5.74) is 6.70. The van der Waals surface area contributed by atoms with Gasteiger partial charge in [-0.15, -0.1) is 0 Å². The summed E-state index contributed by atoms with van der Waals surface area (Å²) in [7, 11) is 0. The number of benzene rings is 4. The van der Waals surface area contributed by atoms with Crippen LogP contribution < -0.4 is 5.32 Å². The molecule has 0 bridgehead atoms. The van der Waals surface area contributed by atoms with E-state index in [1.807, 2.05) is 24.3 Å². The van der Waals surface area contributed by atoms with Crippen molar-refractivity contribution in [2.75, 3.05) is 6.54 Å². The van der Waals surface area contributed by atoms with Gasteiger partial charge in [0.1, 0.15) is 0 Å². The average molecular weight is 462 g/mol. The van der Waals surface area contributed by atoms with E-state index in [1.165, 1.54) is 48.8 Å². The highest BCUT2D eigenvalue weighted by Crippen LogP contribution is 2.32. The first-order valence-corrected chi connectivity index (χ1v) is 12.9. The number of carbonyl (C=O) groups excluding carboxylic acids is 1. The molecule has 2 nitrogen and oxygen atoms in total. The molecule has 4 aromatic rings. The molecule has 4 rings (SSSR count). The second-order valence-corrected chi connectivity index (χ2v) is 9.11. The first-order valence-electron chi connectivity index (χ1n) is 12.9. The number of hydrogen-bond donors (Lipinski definition) is 1. The molecule has 0 aliphatic heterocycles. The fourth-order valence-corrected chi connectivity index (χ4v) is 4.54. The topological polar surface area (TPSA) is 29.1 Å². The van der Waals surface area contributed by atoms with Crippen molar-refractivity contribution in [3.8, 4) is 22.3 Å². The van der Waals surface area contributed by atoms with E-state index in [4.69, 9.17) is 0 Å². The third kappa shape index (κ3) is 7.42. The van der Waals surface area contributed by atoms with Crippen LogP contribution in [0.4, 0.5) is 0 Å². The SMILES string of the molecule is O=C(NCCCCCCCCc1ccccc1)c1cccc(-c2ccccc2-c2ccccc2)c1. The number of aryl methyl sites for hydroxylation is 1. The van der Waals surface area contributed by atoms with Crippen LogP contribution in [0.1, 0.15) is 54.4 Å². The Morgan fingerprint density at radius 1 is 0.543 bits per heavy atom. The summed E-state index contributed by atoms with van der Waals surface area (Å²) in [6.07, 6.45) is 8.39. The molecule has 0 aliphatic carbocycles. The number of nitrogens with one attached hydrogen (secondary N) is 1. The summed E-state index contributed by atoms with van der Waals surface area (Å²) in [6, 6.07) is 37.4. The van der Waals surface area contributed by atoms with Crippen LogP contribution in [0.2, 0.25) is 0 Å². The lowest BCUT2D eigenvalue weighted by molar-refractivity contribution is 0.0953. The van der Waals surface area contributed by atoms with E-state index in [-0.39, 0.29) is 5.91 Å². The Labute approximate surface area is 210 Å². The lowest BCUT2D eigenvalue weighted by Crippen LogP contribution is -2.24. The number of unbranched alkanes of at least 4 members (excludes halogenated alkanes) is 5. The predicted molar refractivity (Wildman–Crippen MR) is 147 cm³/mol. The Kier molecular flexibility index (Phi) is 9.29. The van der Waals surface area contributed by atoms with Crippen LogP contribution in [0, 0.1) is 0 Å². The highest BCUT2D eigenvalue weighted by molar-refractivity contribution is 5.96. The molecule has 0 fully saturated rings. The van der Waals surface area contributed by atoms with Gasteiger partial charge < -0.3 is 5.32 Å². The van der Waals surface area contributed by atoms with Gasteiger partial charge in [-0.25, -0.2) is 0 Å². The van der Waals surface area contributed by atoms with Crippen LogP contribution in [0.25, 0.3) is 22.3 Å². The maximum atomic E-state index is 12.8. The van der Waals surface area contributed by atoms with Gasteiger partial charge in [-0.1, -0.05) is 123 Å². The molecule has 1 N–H and O–H groups in total. The summed E-state index contributed by atoms with van der Waals surface area (Å²) in [5.74, 6) is 0.00639. The monoisotopic (exact) mass is 461 g/mol. The number of carbonyl (C=O) groups is 1. The maximum absolute atomic E-state index is 12.8. The maximum Gasteiger partial charge on any atom is 0.251 e. The molecular weight excluding hydrogens is 426 g/mol. The van der Waals surface area contributed by atoms with Gasteiger partial charge in [-0.05, 0) is 59.2 Å². The van der Waals surface area contributed by atoms with E-state index in [0.717, 1.165) is 30.5 Å². The molecule has 0 saturated carbocycles. The largest absolute Gasteiger partial charge is 0.352 e. The second kappa shape index (κ2) is 13.3. The van der Waals surface area contributed by atoms with Gasteiger partial charge in [0.2, 0.25) is 0 Å². The van der Waals surface area contributed by atoms with E-state index >= 15 is 0 Å². The van der Waals surface area contributed by atoms with Crippen LogP contribution in [-0.2, 0) is 6.42 Å². The molecule has 0 aliphatic rings. The van der Waals surface area contributed by atoms with Crippen LogP contribution in [0.3, 0.4) is 0 Å². The minimum atomic E-state index is 0.00639. The third-order valence-electron chi connectivity index (χ3n) is 6.47.